The number of nitrogens with one attached hydrogen (secondary N) is 4. The average molecular weight is 595 g/mol. The van der Waals surface area contributed by atoms with Crippen LogP contribution in [0.4, 0.5) is 0 Å². The van der Waals surface area contributed by atoms with E-state index in [2.05, 4.69) is 25.9 Å². The Morgan fingerprint density at radius 3 is 1.98 bits per heavy atom. The van der Waals surface area contributed by atoms with Gasteiger partial charge in [0.25, 0.3) is 0 Å². The maximum Gasteiger partial charge on any atom is 0.326 e. The van der Waals surface area contributed by atoms with Crippen LogP contribution in [0.15, 0.2) is 67.1 Å². The number of imidazole rings is 1. The van der Waals surface area contributed by atoms with Gasteiger partial charge in [0.05, 0.1) is 12.4 Å². The number of carboxylic acids is 2. The van der Waals surface area contributed by atoms with Gasteiger partial charge >= 0.3 is 11.9 Å². The van der Waals surface area contributed by atoms with Gasteiger partial charge in [0.2, 0.25) is 17.7 Å². The van der Waals surface area contributed by atoms with Crippen LogP contribution in [0.5, 0.6) is 5.75 Å². The van der Waals surface area contributed by atoms with Gasteiger partial charge < -0.3 is 42.0 Å². The molecule has 0 bridgehead atoms. The van der Waals surface area contributed by atoms with Crippen molar-refractivity contribution in [2.75, 3.05) is 0 Å². The first-order valence-corrected chi connectivity index (χ1v) is 13.4. The molecule has 0 aliphatic carbocycles. The van der Waals surface area contributed by atoms with Crippen molar-refractivity contribution in [1.82, 2.24) is 25.9 Å². The highest BCUT2D eigenvalue weighted by Crippen LogP contribution is 2.13. The summed E-state index contributed by atoms with van der Waals surface area (Å²) in [5.74, 6) is -4.97. The zero-order valence-electron chi connectivity index (χ0n) is 23.1. The van der Waals surface area contributed by atoms with E-state index >= 15 is 0 Å². The molecule has 9 N–H and O–H groups in total. The fourth-order valence-electron chi connectivity index (χ4n) is 4.21. The van der Waals surface area contributed by atoms with Crippen LogP contribution < -0.4 is 21.7 Å². The number of carbonyl (C=O) groups is 5. The first-order chi connectivity index (χ1) is 20.5. The van der Waals surface area contributed by atoms with Gasteiger partial charge in [-0.1, -0.05) is 42.5 Å². The molecule has 0 spiro atoms. The van der Waals surface area contributed by atoms with Crippen molar-refractivity contribution in [3.05, 3.63) is 83.9 Å². The van der Waals surface area contributed by atoms with Crippen LogP contribution in [0.3, 0.4) is 0 Å². The third-order valence-corrected chi connectivity index (χ3v) is 6.52. The number of H-pyrrole nitrogens is 1. The van der Waals surface area contributed by atoms with Crippen LogP contribution >= 0.6 is 0 Å². The molecule has 0 aliphatic heterocycles. The predicted molar refractivity (Wildman–Crippen MR) is 153 cm³/mol. The standard InChI is InChI=1S/C29H34N6O8/c30-21(12-17-4-2-1-3-5-17)26(39)34-23(13-18-6-8-20(36)9-7-18)28(41)33-22(10-11-25(37)38)27(40)35-24(29(42)43)14-19-15-31-16-32-19/h1-9,15-16,21-24,36H,10-14,30H2,(H,31,32)(H,33,41)(H,34,39)(H,35,40)(H,37,38)(H,42,43). The van der Waals surface area contributed by atoms with E-state index in [0.717, 1.165) is 5.56 Å². The number of aromatic amines is 1. The number of phenolic OH excluding ortho intramolecular Hbond substituents is 1. The highest BCUT2D eigenvalue weighted by atomic mass is 16.4. The number of benzene rings is 2. The van der Waals surface area contributed by atoms with Gasteiger partial charge in [-0.25, -0.2) is 9.78 Å². The second kappa shape index (κ2) is 15.7. The molecule has 14 heteroatoms. The second-order valence-electron chi connectivity index (χ2n) is 9.90. The maximum atomic E-state index is 13.5. The zero-order valence-corrected chi connectivity index (χ0v) is 23.1. The Bertz CT molecular complexity index is 1380. The number of rotatable bonds is 16. The van der Waals surface area contributed by atoms with Crippen molar-refractivity contribution < 1.29 is 39.3 Å². The van der Waals surface area contributed by atoms with Crippen molar-refractivity contribution in [2.45, 2.75) is 56.3 Å². The lowest BCUT2D eigenvalue weighted by Gasteiger charge is -2.25. The molecule has 0 saturated carbocycles. The van der Waals surface area contributed by atoms with E-state index in [0.29, 0.717) is 11.3 Å². The predicted octanol–water partition coefficient (Wildman–Crippen LogP) is -0.126. The second-order valence-corrected chi connectivity index (χ2v) is 9.90. The first kappa shape index (κ1) is 32.3. The molecule has 1 heterocycles. The van der Waals surface area contributed by atoms with E-state index in [-0.39, 0.29) is 31.4 Å². The summed E-state index contributed by atoms with van der Waals surface area (Å²) in [5, 5.41) is 35.9. The summed E-state index contributed by atoms with van der Waals surface area (Å²) in [5.41, 5.74) is 7.91. The van der Waals surface area contributed by atoms with Crippen LogP contribution in [0.2, 0.25) is 0 Å². The Kier molecular flexibility index (Phi) is 11.8. The number of nitrogens with zero attached hydrogens (tertiary/aromatic N) is 1. The molecule has 3 rings (SSSR count). The molecule has 0 aliphatic rings. The molecule has 0 radical (unpaired) electrons. The minimum absolute atomic E-state index is 0.00723. The fraction of sp³-hybridized carbons (Fsp3) is 0.310. The number of carbonyl (C=O) groups excluding carboxylic acids is 3. The van der Waals surface area contributed by atoms with Crippen molar-refractivity contribution in [2.24, 2.45) is 5.73 Å². The monoisotopic (exact) mass is 594 g/mol. The molecule has 3 amide bonds. The number of hydrogen-bond donors (Lipinski definition) is 8. The smallest absolute Gasteiger partial charge is 0.326 e. The average Bonchev–Trinajstić information content (AvgIpc) is 3.49. The van der Waals surface area contributed by atoms with Gasteiger partial charge in [0.1, 0.15) is 23.9 Å². The Balaban J connectivity index is 1.78. The molecule has 4 unspecified atom stereocenters. The molecule has 3 aromatic rings. The van der Waals surface area contributed by atoms with Gasteiger partial charge in [-0.3, -0.25) is 19.2 Å². The molecular weight excluding hydrogens is 560 g/mol. The molecule has 0 fully saturated rings. The molecule has 43 heavy (non-hydrogen) atoms. The molecule has 228 valence electrons. The third-order valence-electron chi connectivity index (χ3n) is 6.52. The first-order valence-electron chi connectivity index (χ1n) is 13.4. The molecule has 0 saturated heterocycles. The van der Waals surface area contributed by atoms with E-state index < -0.39 is 60.2 Å². The minimum atomic E-state index is -1.44. The fourth-order valence-corrected chi connectivity index (χ4v) is 4.21. The summed E-state index contributed by atoms with van der Waals surface area (Å²) < 4.78 is 0. The highest BCUT2D eigenvalue weighted by molar-refractivity contribution is 5.94. The Hall–Kier alpha value is -5.24. The Morgan fingerprint density at radius 1 is 0.767 bits per heavy atom. The number of aromatic nitrogens is 2. The summed E-state index contributed by atoms with van der Waals surface area (Å²) >= 11 is 0. The molecule has 14 nitrogen and oxygen atoms in total. The number of amides is 3. The van der Waals surface area contributed by atoms with Gasteiger partial charge in [0.15, 0.2) is 0 Å². The lowest BCUT2D eigenvalue weighted by atomic mass is 10.0. The van der Waals surface area contributed by atoms with E-state index in [1.165, 1.54) is 24.7 Å². The number of nitrogens with two attached hydrogens (primary N) is 1. The number of aromatic hydroxyl groups is 1. The van der Waals surface area contributed by atoms with Gasteiger partial charge in [-0.2, -0.15) is 0 Å². The quantitative estimate of drug-likeness (QED) is 0.109. The van der Waals surface area contributed by atoms with Crippen LogP contribution in [0.1, 0.15) is 29.7 Å². The van der Waals surface area contributed by atoms with E-state index in [4.69, 9.17) is 5.73 Å². The molecule has 4 atom stereocenters. The van der Waals surface area contributed by atoms with Gasteiger partial charge in [0, 0.05) is 31.2 Å². The largest absolute Gasteiger partial charge is 0.508 e. The van der Waals surface area contributed by atoms with Crippen LogP contribution in [0.25, 0.3) is 0 Å². The summed E-state index contributed by atoms with van der Waals surface area (Å²) in [6, 6.07) is 9.82. The summed E-state index contributed by atoms with van der Waals surface area (Å²) in [4.78, 5) is 69.3. The number of hydrogen-bond acceptors (Lipinski definition) is 8. The summed E-state index contributed by atoms with van der Waals surface area (Å²) in [6.07, 6.45) is 1.88. The number of carboxylic acid groups (broad SMARTS) is 2. The Labute approximate surface area is 246 Å². The van der Waals surface area contributed by atoms with Gasteiger partial charge in [-0.05, 0) is 36.1 Å². The topological polar surface area (TPSA) is 237 Å². The molecular formula is C29H34N6O8. The van der Waals surface area contributed by atoms with Crippen molar-refractivity contribution in [3.63, 3.8) is 0 Å². The van der Waals surface area contributed by atoms with Crippen LogP contribution in [-0.2, 0) is 43.2 Å². The van der Waals surface area contributed by atoms with Gasteiger partial charge in [-0.15, -0.1) is 0 Å². The van der Waals surface area contributed by atoms with E-state index in [1.807, 2.05) is 6.07 Å². The molecule has 1 aromatic heterocycles. The van der Waals surface area contributed by atoms with Crippen molar-refractivity contribution >= 4 is 29.7 Å². The normalized spacial score (nSPS) is 13.6. The lowest BCUT2D eigenvalue weighted by molar-refractivity contribution is -0.143. The Morgan fingerprint density at radius 2 is 1.37 bits per heavy atom. The van der Waals surface area contributed by atoms with E-state index in [9.17, 15) is 39.3 Å². The van der Waals surface area contributed by atoms with Crippen molar-refractivity contribution in [1.29, 1.82) is 0 Å². The minimum Gasteiger partial charge on any atom is -0.508 e. The lowest BCUT2D eigenvalue weighted by Crippen LogP contribution is -2.58. The summed E-state index contributed by atoms with van der Waals surface area (Å²) in [6.45, 7) is 0. The summed E-state index contributed by atoms with van der Waals surface area (Å²) in [7, 11) is 0. The van der Waals surface area contributed by atoms with Crippen molar-refractivity contribution in [3.8, 4) is 5.75 Å². The molecule has 2 aromatic carbocycles. The maximum absolute atomic E-state index is 13.5. The number of phenols is 1. The van der Waals surface area contributed by atoms with Crippen LogP contribution in [-0.4, -0.2) is 79.1 Å². The van der Waals surface area contributed by atoms with E-state index in [1.54, 1.807) is 36.4 Å². The zero-order chi connectivity index (χ0) is 31.4. The SMILES string of the molecule is NC(Cc1ccccc1)C(=O)NC(Cc1ccc(O)cc1)C(=O)NC(CCC(=O)O)C(=O)NC(Cc1cnc[nH]1)C(=O)O. The highest BCUT2D eigenvalue weighted by Gasteiger charge is 2.31. The number of aliphatic carboxylic acids is 2. The van der Waals surface area contributed by atoms with Crippen LogP contribution in [0, 0.1) is 0 Å². The third kappa shape index (κ3) is 10.6.